The van der Waals surface area contributed by atoms with E-state index in [0.717, 1.165) is 5.92 Å². The Hall–Kier alpha value is -1.96. The second-order valence-corrected chi connectivity index (χ2v) is 7.84. The van der Waals surface area contributed by atoms with E-state index in [-0.39, 0.29) is 0 Å². The second-order valence-electron chi connectivity index (χ2n) is 7.84. The number of para-hydroxylation sites is 2. The average molecular weight is 335 g/mol. The van der Waals surface area contributed by atoms with E-state index in [4.69, 9.17) is 0 Å². The molecule has 0 bridgehead atoms. The number of aryl methyl sites for hydroxylation is 1. The Morgan fingerprint density at radius 1 is 0.800 bits per heavy atom. The molecule has 132 valence electrons. The molecule has 0 radical (unpaired) electrons. The quantitative estimate of drug-likeness (QED) is 0.719. The highest BCUT2D eigenvalue weighted by Crippen LogP contribution is 2.43. The van der Waals surface area contributed by atoms with E-state index in [2.05, 4.69) is 85.2 Å². The Morgan fingerprint density at radius 3 is 2.12 bits per heavy atom. The molecule has 1 heterocycles. The van der Waals surface area contributed by atoms with Gasteiger partial charge in [0.05, 0.1) is 12.2 Å². The molecular weight excluding hydrogens is 304 g/mol. The van der Waals surface area contributed by atoms with Gasteiger partial charge >= 0.3 is 0 Å². The first kappa shape index (κ1) is 16.5. The molecule has 4 rings (SSSR count). The van der Waals surface area contributed by atoms with E-state index in [1.54, 1.807) is 0 Å². The summed E-state index contributed by atoms with van der Waals surface area (Å²) >= 11 is 0. The number of anilines is 2. The molecule has 2 nitrogen and oxygen atoms in total. The fourth-order valence-corrected chi connectivity index (χ4v) is 5.30. The van der Waals surface area contributed by atoms with E-state index in [1.165, 1.54) is 42.6 Å². The molecule has 0 spiro atoms. The van der Waals surface area contributed by atoms with Crippen molar-refractivity contribution in [2.45, 2.75) is 64.7 Å². The van der Waals surface area contributed by atoms with Crippen LogP contribution in [0.25, 0.3) is 0 Å². The minimum atomic E-state index is 0.379. The van der Waals surface area contributed by atoms with Crippen LogP contribution < -0.4 is 9.80 Å². The molecule has 0 N–H and O–H groups in total. The third-order valence-corrected chi connectivity index (χ3v) is 6.39. The minimum Gasteiger partial charge on any atom is -0.346 e. The zero-order valence-electron chi connectivity index (χ0n) is 15.7. The molecule has 2 fully saturated rings. The zero-order valence-corrected chi connectivity index (χ0v) is 15.7. The van der Waals surface area contributed by atoms with Crippen molar-refractivity contribution in [3.8, 4) is 0 Å². The first-order valence-corrected chi connectivity index (χ1v) is 9.86. The topological polar surface area (TPSA) is 6.48 Å². The standard InChI is InChI=1S/C23H30N2/c1-17-11-7-10-16-22(17)24-18(2)23(20-12-8-9-13-20)25(19(24)3)21-14-5-4-6-15-21/h4-7,10-11,14-16,18-20,23H,8-9,12-13H2,1-3H3/t18-,19?,23?/m0/s1. The van der Waals surface area contributed by atoms with Gasteiger partial charge in [-0.1, -0.05) is 49.2 Å². The van der Waals surface area contributed by atoms with Gasteiger partial charge in [-0.05, 0) is 63.3 Å². The van der Waals surface area contributed by atoms with Crippen LogP contribution in [0, 0.1) is 12.8 Å². The molecule has 3 atom stereocenters. The summed E-state index contributed by atoms with van der Waals surface area (Å²) in [5.74, 6) is 0.812. The Kier molecular flexibility index (Phi) is 4.45. The van der Waals surface area contributed by atoms with Crippen LogP contribution in [-0.2, 0) is 0 Å². The second kappa shape index (κ2) is 6.74. The third-order valence-electron chi connectivity index (χ3n) is 6.39. The van der Waals surface area contributed by atoms with Gasteiger partial charge in [0, 0.05) is 17.4 Å². The summed E-state index contributed by atoms with van der Waals surface area (Å²) in [5.41, 5.74) is 4.14. The number of hydrogen-bond acceptors (Lipinski definition) is 2. The van der Waals surface area contributed by atoms with Gasteiger partial charge in [-0.2, -0.15) is 0 Å². The molecule has 1 aliphatic heterocycles. The van der Waals surface area contributed by atoms with E-state index < -0.39 is 0 Å². The molecule has 25 heavy (non-hydrogen) atoms. The molecule has 0 amide bonds. The summed E-state index contributed by atoms with van der Waals surface area (Å²) in [6.07, 6.45) is 5.94. The van der Waals surface area contributed by atoms with E-state index in [9.17, 15) is 0 Å². The van der Waals surface area contributed by atoms with Crippen molar-refractivity contribution in [2.24, 2.45) is 5.92 Å². The number of rotatable bonds is 3. The SMILES string of the molecule is Cc1ccccc1N1C(C)N(c2ccccc2)C(C2CCCC2)[C@@H]1C. The summed E-state index contributed by atoms with van der Waals surface area (Å²) in [6, 6.07) is 21.0. The Bertz CT molecular complexity index is 705. The van der Waals surface area contributed by atoms with E-state index in [0.29, 0.717) is 18.2 Å². The van der Waals surface area contributed by atoms with Crippen molar-refractivity contribution >= 4 is 11.4 Å². The van der Waals surface area contributed by atoms with E-state index >= 15 is 0 Å². The Balaban J connectivity index is 1.77. The third kappa shape index (κ3) is 2.82. The maximum atomic E-state index is 2.70. The predicted octanol–water partition coefficient (Wildman–Crippen LogP) is 5.61. The smallest absolute Gasteiger partial charge is 0.0994 e. The lowest BCUT2D eigenvalue weighted by Gasteiger charge is -2.34. The van der Waals surface area contributed by atoms with Crippen LogP contribution >= 0.6 is 0 Å². The van der Waals surface area contributed by atoms with Gasteiger partial charge in [-0.25, -0.2) is 0 Å². The summed E-state index contributed by atoms with van der Waals surface area (Å²) < 4.78 is 0. The molecule has 2 unspecified atom stereocenters. The fraction of sp³-hybridized carbons (Fsp3) is 0.478. The largest absolute Gasteiger partial charge is 0.346 e. The molecule has 2 aromatic carbocycles. The van der Waals surface area contributed by atoms with Gasteiger partial charge in [0.2, 0.25) is 0 Å². The zero-order chi connectivity index (χ0) is 17.4. The first-order valence-electron chi connectivity index (χ1n) is 9.86. The molecule has 2 heteroatoms. The van der Waals surface area contributed by atoms with Crippen LogP contribution in [0.1, 0.15) is 45.1 Å². The molecule has 0 aromatic heterocycles. The maximum Gasteiger partial charge on any atom is 0.0994 e. The van der Waals surface area contributed by atoms with Gasteiger partial charge in [0.1, 0.15) is 0 Å². The summed E-state index contributed by atoms with van der Waals surface area (Å²) in [5, 5.41) is 0. The van der Waals surface area contributed by atoms with Crippen molar-refractivity contribution in [1.29, 1.82) is 0 Å². The molecule has 1 saturated heterocycles. The minimum absolute atomic E-state index is 0.379. The van der Waals surface area contributed by atoms with Gasteiger partial charge in [-0.15, -0.1) is 0 Å². The maximum absolute atomic E-state index is 2.70. The molecule has 1 saturated carbocycles. The van der Waals surface area contributed by atoms with Crippen LogP contribution in [0.4, 0.5) is 11.4 Å². The summed E-state index contributed by atoms with van der Waals surface area (Å²) in [4.78, 5) is 5.36. The first-order chi connectivity index (χ1) is 12.2. The van der Waals surface area contributed by atoms with Crippen molar-refractivity contribution in [3.63, 3.8) is 0 Å². The van der Waals surface area contributed by atoms with E-state index in [1.807, 2.05) is 0 Å². The highest BCUT2D eigenvalue weighted by Gasteiger charge is 2.47. The molecule has 1 aliphatic carbocycles. The lowest BCUT2D eigenvalue weighted by molar-refractivity contribution is 0.403. The van der Waals surface area contributed by atoms with Gasteiger partial charge in [-0.3, -0.25) is 0 Å². The van der Waals surface area contributed by atoms with Crippen molar-refractivity contribution in [1.82, 2.24) is 0 Å². The lowest BCUT2D eigenvalue weighted by Crippen LogP contribution is -2.42. The lowest BCUT2D eigenvalue weighted by atomic mass is 9.91. The molecule has 2 aromatic rings. The highest BCUT2D eigenvalue weighted by atomic mass is 15.5. The molecular formula is C23H30N2. The van der Waals surface area contributed by atoms with Crippen molar-refractivity contribution in [2.75, 3.05) is 9.80 Å². The Morgan fingerprint density at radius 2 is 1.44 bits per heavy atom. The van der Waals surface area contributed by atoms with Crippen molar-refractivity contribution < 1.29 is 0 Å². The highest BCUT2D eigenvalue weighted by molar-refractivity contribution is 5.62. The van der Waals surface area contributed by atoms with Crippen LogP contribution in [0.5, 0.6) is 0 Å². The number of benzene rings is 2. The average Bonchev–Trinajstić information content (AvgIpc) is 3.23. The van der Waals surface area contributed by atoms with Crippen LogP contribution in [0.3, 0.4) is 0 Å². The monoisotopic (exact) mass is 334 g/mol. The summed E-state index contributed by atoms with van der Waals surface area (Å²) in [6.45, 7) is 7.06. The van der Waals surface area contributed by atoms with Gasteiger partial charge in [0.25, 0.3) is 0 Å². The predicted molar refractivity (Wildman–Crippen MR) is 107 cm³/mol. The van der Waals surface area contributed by atoms with Crippen LogP contribution in [0.2, 0.25) is 0 Å². The van der Waals surface area contributed by atoms with Crippen molar-refractivity contribution in [3.05, 3.63) is 60.2 Å². The van der Waals surface area contributed by atoms with Gasteiger partial charge < -0.3 is 9.80 Å². The van der Waals surface area contributed by atoms with Gasteiger partial charge in [0.15, 0.2) is 0 Å². The molecule has 2 aliphatic rings. The van der Waals surface area contributed by atoms with Crippen LogP contribution in [0.15, 0.2) is 54.6 Å². The summed E-state index contributed by atoms with van der Waals surface area (Å²) in [7, 11) is 0. The van der Waals surface area contributed by atoms with Crippen LogP contribution in [-0.4, -0.2) is 18.2 Å². The number of hydrogen-bond donors (Lipinski definition) is 0. The fourth-order valence-electron chi connectivity index (χ4n) is 5.30. The normalized spacial score (nSPS) is 27.2. The Labute approximate surface area is 152 Å². The number of nitrogens with zero attached hydrogens (tertiary/aromatic N) is 2.